The van der Waals surface area contributed by atoms with E-state index in [1.807, 2.05) is 0 Å². The van der Waals surface area contributed by atoms with Gasteiger partial charge in [-0.1, -0.05) is 0 Å². The fourth-order valence-electron chi connectivity index (χ4n) is 2.88. The molecule has 15 heavy (non-hydrogen) atoms. The van der Waals surface area contributed by atoms with Gasteiger partial charge in [0.05, 0.1) is 0 Å². The molecule has 88 valence electrons. The van der Waals surface area contributed by atoms with Crippen molar-refractivity contribution in [2.75, 3.05) is 47.3 Å². The number of hydrogen-bond donors (Lipinski definition) is 0. The van der Waals surface area contributed by atoms with Gasteiger partial charge in [0.2, 0.25) is 0 Å². The van der Waals surface area contributed by atoms with Gasteiger partial charge in [-0.25, -0.2) is 0 Å². The SMILES string of the molecule is CN1CCC(N2CCC(N(C)C)C2)CC1. The molecular weight excluding hydrogens is 186 g/mol. The molecule has 0 N–H and O–H groups in total. The Labute approximate surface area is 94.0 Å². The Morgan fingerprint density at radius 1 is 1.00 bits per heavy atom. The highest BCUT2D eigenvalue weighted by molar-refractivity contribution is 4.87. The van der Waals surface area contributed by atoms with Crippen molar-refractivity contribution in [1.82, 2.24) is 14.7 Å². The Kier molecular flexibility index (Phi) is 3.65. The summed E-state index contributed by atoms with van der Waals surface area (Å²) in [5.74, 6) is 0. The van der Waals surface area contributed by atoms with E-state index in [1.165, 1.54) is 45.4 Å². The number of hydrogen-bond acceptors (Lipinski definition) is 3. The van der Waals surface area contributed by atoms with Gasteiger partial charge >= 0.3 is 0 Å². The van der Waals surface area contributed by atoms with Gasteiger partial charge in [0.25, 0.3) is 0 Å². The molecule has 2 heterocycles. The van der Waals surface area contributed by atoms with Crippen molar-refractivity contribution in [3.05, 3.63) is 0 Å². The Balaban J connectivity index is 1.80. The molecule has 2 aliphatic rings. The molecular formula is C12H25N3. The van der Waals surface area contributed by atoms with Crippen molar-refractivity contribution in [2.45, 2.75) is 31.3 Å². The number of rotatable bonds is 2. The second kappa shape index (κ2) is 4.81. The zero-order valence-corrected chi connectivity index (χ0v) is 10.4. The van der Waals surface area contributed by atoms with E-state index in [9.17, 15) is 0 Å². The van der Waals surface area contributed by atoms with Gasteiger partial charge in [-0.05, 0) is 53.5 Å². The van der Waals surface area contributed by atoms with Gasteiger partial charge in [-0.3, -0.25) is 4.90 Å². The molecule has 0 saturated carbocycles. The summed E-state index contributed by atoms with van der Waals surface area (Å²) in [5.41, 5.74) is 0. The molecule has 2 rings (SSSR count). The van der Waals surface area contributed by atoms with Crippen molar-refractivity contribution < 1.29 is 0 Å². The second-order valence-corrected chi connectivity index (χ2v) is 5.44. The Morgan fingerprint density at radius 3 is 2.20 bits per heavy atom. The predicted molar refractivity (Wildman–Crippen MR) is 64.2 cm³/mol. The average Bonchev–Trinajstić information content (AvgIpc) is 2.68. The van der Waals surface area contributed by atoms with Crippen molar-refractivity contribution in [1.29, 1.82) is 0 Å². The lowest BCUT2D eigenvalue weighted by Gasteiger charge is -2.35. The first-order chi connectivity index (χ1) is 7.16. The predicted octanol–water partition coefficient (Wildman–Crippen LogP) is 0.717. The molecule has 3 nitrogen and oxygen atoms in total. The largest absolute Gasteiger partial charge is 0.306 e. The van der Waals surface area contributed by atoms with Crippen LogP contribution >= 0.6 is 0 Å². The molecule has 0 radical (unpaired) electrons. The molecule has 0 aromatic carbocycles. The summed E-state index contributed by atoms with van der Waals surface area (Å²) in [6.07, 6.45) is 4.10. The van der Waals surface area contributed by atoms with Gasteiger partial charge in [-0.15, -0.1) is 0 Å². The highest BCUT2D eigenvalue weighted by Gasteiger charge is 2.30. The van der Waals surface area contributed by atoms with E-state index in [1.54, 1.807) is 0 Å². The van der Waals surface area contributed by atoms with Crippen LogP contribution in [0.1, 0.15) is 19.3 Å². The normalized spacial score (nSPS) is 31.6. The third-order valence-electron chi connectivity index (χ3n) is 4.13. The van der Waals surface area contributed by atoms with Crippen LogP contribution in [0, 0.1) is 0 Å². The number of likely N-dealkylation sites (tertiary alicyclic amines) is 2. The number of nitrogens with zero attached hydrogens (tertiary/aromatic N) is 3. The Hall–Kier alpha value is -0.120. The summed E-state index contributed by atoms with van der Waals surface area (Å²) in [4.78, 5) is 7.56. The Bertz CT molecular complexity index is 197. The standard InChI is InChI=1S/C12H25N3/c1-13(2)12-6-9-15(10-12)11-4-7-14(3)8-5-11/h11-12H,4-10H2,1-3H3. The summed E-state index contributed by atoms with van der Waals surface area (Å²) in [6, 6.07) is 1.66. The van der Waals surface area contributed by atoms with E-state index in [0.717, 1.165) is 12.1 Å². The van der Waals surface area contributed by atoms with Crippen LogP contribution < -0.4 is 0 Å². The van der Waals surface area contributed by atoms with Crippen molar-refractivity contribution >= 4 is 0 Å². The topological polar surface area (TPSA) is 9.72 Å². The third-order valence-corrected chi connectivity index (χ3v) is 4.13. The maximum atomic E-state index is 2.72. The van der Waals surface area contributed by atoms with Crippen LogP contribution in [0.25, 0.3) is 0 Å². The Morgan fingerprint density at radius 2 is 1.67 bits per heavy atom. The van der Waals surface area contributed by atoms with Gasteiger partial charge in [0, 0.05) is 25.2 Å². The lowest BCUT2D eigenvalue weighted by atomic mass is 10.0. The van der Waals surface area contributed by atoms with E-state index in [-0.39, 0.29) is 0 Å². The highest BCUT2D eigenvalue weighted by atomic mass is 15.3. The monoisotopic (exact) mass is 211 g/mol. The molecule has 2 fully saturated rings. The van der Waals surface area contributed by atoms with Crippen molar-refractivity contribution in [2.24, 2.45) is 0 Å². The molecule has 1 unspecified atom stereocenters. The van der Waals surface area contributed by atoms with E-state index in [2.05, 4.69) is 35.8 Å². The molecule has 1 atom stereocenters. The molecule has 2 aliphatic heterocycles. The minimum absolute atomic E-state index is 0.796. The molecule has 3 heteroatoms. The maximum absolute atomic E-state index is 2.72. The molecule has 0 amide bonds. The molecule has 0 spiro atoms. The van der Waals surface area contributed by atoms with Crippen molar-refractivity contribution in [3.8, 4) is 0 Å². The molecule has 2 saturated heterocycles. The summed E-state index contributed by atoms with van der Waals surface area (Å²) in [6.45, 7) is 5.18. The fourth-order valence-corrected chi connectivity index (χ4v) is 2.88. The lowest BCUT2D eigenvalue weighted by Crippen LogP contribution is -2.43. The minimum Gasteiger partial charge on any atom is -0.306 e. The van der Waals surface area contributed by atoms with Crippen LogP contribution in [-0.2, 0) is 0 Å². The molecule has 0 aliphatic carbocycles. The first-order valence-corrected chi connectivity index (χ1v) is 6.26. The first kappa shape index (κ1) is 11.4. The van der Waals surface area contributed by atoms with Crippen molar-refractivity contribution in [3.63, 3.8) is 0 Å². The molecule has 0 aromatic rings. The average molecular weight is 211 g/mol. The van der Waals surface area contributed by atoms with Gasteiger partial charge in [-0.2, -0.15) is 0 Å². The van der Waals surface area contributed by atoms with E-state index < -0.39 is 0 Å². The summed E-state index contributed by atoms with van der Waals surface area (Å²) in [7, 11) is 6.66. The number of piperidine rings is 1. The minimum atomic E-state index is 0.796. The molecule has 0 bridgehead atoms. The second-order valence-electron chi connectivity index (χ2n) is 5.44. The zero-order valence-electron chi connectivity index (χ0n) is 10.4. The van der Waals surface area contributed by atoms with Crippen LogP contribution in [0.5, 0.6) is 0 Å². The zero-order chi connectivity index (χ0) is 10.8. The van der Waals surface area contributed by atoms with Gasteiger partial charge < -0.3 is 9.80 Å². The smallest absolute Gasteiger partial charge is 0.0229 e. The number of likely N-dealkylation sites (N-methyl/N-ethyl adjacent to an activating group) is 1. The first-order valence-electron chi connectivity index (χ1n) is 6.26. The van der Waals surface area contributed by atoms with Crippen LogP contribution in [0.2, 0.25) is 0 Å². The molecule has 0 aromatic heterocycles. The maximum Gasteiger partial charge on any atom is 0.0229 e. The van der Waals surface area contributed by atoms with E-state index >= 15 is 0 Å². The quantitative estimate of drug-likeness (QED) is 0.666. The van der Waals surface area contributed by atoms with E-state index in [0.29, 0.717) is 0 Å². The van der Waals surface area contributed by atoms with Crippen LogP contribution in [0.3, 0.4) is 0 Å². The highest BCUT2D eigenvalue weighted by Crippen LogP contribution is 2.22. The fraction of sp³-hybridized carbons (Fsp3) is 1.00. The lowest BCUT2D eigenvalue weighted by molar-refractivity contribution is 0.136. The van der Waals surface area contributed by atoms with Crippen LogP contribution in [-0.4, -0.2) is 74.1 Å². The summed E-state index contributed by atoms with van der Waals surface area (Å²) in [5, 5.41) is 0. The van der Waals surface area contributed by atoms with Gasteiger partial charge in [0.1, 0.15) is 0 Å². The van der Waals surface area contributed by atoms with Crippen LogP contribution in [0.15, 0.2) is 0 Å². The van der Waals surface area contributed by atoms with Crippen LogP contribution in [0.4, 0.5) is 0 Å². The third kappa shape index (κ3) is 2.71. The van der Waals surface area contributed by atoms with E-state index in [4.69, 9.17) is 0 Å². The summed E-state index contributed by atoms with van der Waals surface area (Å²) >= 11 is 0. The van der Waals surface area contributed by atoms with Gasteiger partial charge in [0.15, 0.2) is 0 Å². The summed E-state index contributed by atoms with van der Waals surface area (Å²) < 4.78 is 0.